The van der Waals surface area contributed by atoms with Crippen molar-refractivity contribution in [2.75, 3.05) is 46.6 Å². The predicted octanol–water partition coefficient (Wildman–Crippen LogP) is 4.11. The standard InChI is InChI=1S/C29H36FNO7.C4H9NO.C3H8/c1-5-21(10-12-32)37-26(6-2)38-29(35)23-17-31(11-13-33)24-16-25(36-4)20(15-22(24)28(23)34)14-19-9-7-8-18(3)27(19)30;1-3-6-4-2-5-1;1-3-2/h7-9,15-17,21,26,32-33H,5-6,10-14H2,1-4H3;5H,1-4H2;3H2,1-2H3/p+1. The minimum atomic E-state index is -0.892. The largest absolute Gasteiger partial charge is 0.496 e. The average molecular weight is 662 g/mol. The summed E-state index contributed by atoms with van der Waals surface area (Å²) in [4.78, 5) is 26.7. The van der Waals surface area contributed by atoms with Gasteiger partial charge in [-0.2, -0.15) is 0 Å². The second-order valence-electron chi connectivity index (χ2n) is 11.3. The molecular formula is C36H54FN2O8+. The number of pyridine rings is 1. The van der Waals surface area contributed by atoms with Crippen LogP contribution >= 0.6 is 0 Å². The molecule has 1 aromatic heterocycles. The Labute approximate surface area is 277 Å². The third-order valence-electron chi connectivity index (χ3n) is 7.45. The Balaban J connectivity index is 0.000000742. The molecule has 2 heterocycles. The van der Waals surface area contributed by atoms with Gasteiger partial charge in [0.15, 0.2) is 0 Å². The summed E-state index contributed by atoms with van der Waals surface area (Å²) in [6, 6.07) is 8.38. The van der Waals surface area contributed by atoms with Crippen LogP contribution in [0.4, 0.5) is 4.39 Å². The van der Waals surface area contributed by atoms with Gasteiger partial charge in [0.05, 0.1) is 51.6 Å². The van der Waals surface area contributed by atoms with Crippen molar-refractivity contribution in [3.63, 3.8) is 0 Å². The lowest BCUT2D eigenvalue weighted by atomic mass is 9.99. The normalized spacial score (nSPS) is 13.9. The molecule has 1 aliphatic rings. The number of rotatable bonds is 13. The van der Waals surface area contributed by atoms with Gasteiger partial charge >= 0.3 is 5.97 Å². The summed E-state index contributed by atoms with van der Waals surface area (Å²) in [6.45, 7) is 13.6. The molecule has 0 saturated carbocycles. The second-order valence-corrected chi connectivity index (χ2v) is 11.3. The van der Waals surface area contributed by atoms with Crippen LogP contribution < -0.4 is 15.5 Å². The number of fused-ring (bicyclic) bond motifs is 1. The Hall–Kier alpha value is -3.35. The molecule has 47 heavy (non-hydrogen) atoms. The van der Waals surface area contributed by atoms with Crippen molar-refractivity contribution in [1.82, 2.24) is 4.57 Å². The number of ether oxygens (including phenoxy) is 4. The molecule has 3 aromatic rings. The first kappa shape index (κ1) is 39.8. The van der Waals surface area contributed by atoms with Crippen LogP contribution in [0, 0.1) is 12.7 Å². The van der Waals surface area contributed by atoms with Crippen LogP contribution in [0.25, 0.3) is 10.9 Å². The number of hydrogen-bond donors (Lipinski definition) is 3. The van der Waals surface area contributed by atoms with Crippen LogP contribution in [0.1, 0.15) is 80.4 Å². The number of halogens is 1. The van der Waals surface area contributed by atoms with E-state index in [0.717, 1.165) is 26.3 Å². The summed E-state index contributed by atoms with van der Waals surface area (Å²) >= 11 is 0. The molecule has 1 aliphatic heterocycles. The van der Waals surface area contributed by atoms with Gasteiger partial charge in [-0.05, 0) is 42.5 Å². The Bertz CT molecular complexity index is 1430. The maximum atomic E-state index is 14.7. The molecule has 0 amide bonds. The van der Waals surface area contributed by atoms with Crippen LogP contribution in [0.15, 0.2) is 41.3 Å². The molecule has 2 aromatic carbocycles. The summed E-state index contributed by atoms with van der Waals surface area (Å²) in [7, 11) is 1.49. The zero-order chi connectivity index (χ0) is 34.8. The van der Waals surface area contributed by atoms with Crippen molar-refractivity contribution in [3.8, 4) is 5.75 Å². The molecule has 262 valence electrons. The number of aliphatic hydroxyl groups is 2. The first-order valence-electron chi connectivity index (χ1n) is 16.6. The van der Waals surface area contributed by atoms with E-state index in [2.05, 4.69) is 19.2 Å². The zero-order valence-corrected chi connectivity index (χ0v) is 28.9. The van der Waals surface area contributed by atoms with E-state index in [0.29, 0.717) is 47.2 Å². The number of aromatic nitrogens is 1. The van der Waals surface area contributed by atoms with E-state index in [-0.39, 0.29) is 49.1 Å². The molecule has 1 saturated heterocycles. The number of esters is 1. The Morgan fingerprint density at radius 3 is 2.30 bits per heavy atom. The first-order valence-corrected chi connectivity index (χ1v) is 16.6. The number of carbonyl (C=O) groups is 1. The third kappa shape index (κ3) is 12.0. The van der Waals surface area contributed by atoms with Gasteiger partial charge in [-0.15, -0.1) is 0 Å². The molecule has 4 rings (SSSR count). The zero-order valence-electron chi connectivity index (χ0n) is 28.9. The summed E-state index contributed by atoms with van der Waals surface area (Å²) in [5, 5.41) is 21.4. The Morgan fingerprint density at radius 2 is 1.77 bits per heavy atom. The molecule has 10 nitrogen and oxygen atoms in total. The molecule has 0 spiro atoms. The number of benzene rings is 2. The summed E-state index contributed by atoms with van der Waals surface area (Å²) in [6.07, 6.45) is 2.98. The number of nitrogens with two attached hydrogens (primary N) is 1. The Kier molecular flexibility index (Phi) is 18.2. The highest BCUT2D eigenvalue weighted by atomic mass is 19.1. The van der Waals surface area contributed by atoms with Gasteiger partial charge in [0.2, 0.25) is 11.7 Å². The van der Waals surface area contributed by atoms with Crippen LogP contribution in [0.2, 0.25) is 0 Å². The van der Waals surface area contributed by atoms with Crippen LogP contribution in [-0.2, 0) is 27.2 Å². The SMILES string of the molecule is C1COCC[NH2+]1.CCC.CCC(CCO)OC(CC)OC(=O)c1cn(CCO)c2cc(OC)c(Cc3cccc(C)c3F)cc2c1=O. The van der Waals surface area contributed by atoms with Crippen molar-refractivity contribution in [2.45, 2.75) is 85.7 Å². The van der Waals surface area contributed by atoms with E-state index >= 15 is 0 Å². The lowest BCUT2D eigenvalue weighted by molar-refractivity contribution is -0.670. The molecule has 1 fully saturated rings. The number of nitrogens with zero attached hydrogens (tertiary/aromatic N) is 1. The molecule has 2 atom stereocenters. The van der Waals surface area contributed by atoms with Gasteiger partial charge in [0.25, 0.3) is 0 Å². The van der Waals surface area contributed by atoms with Gasteiger partial charge in [-0.1, -0.05) is 52.3 Å². The van der Waals surface area contributed by atoms with Crippen LogP contribution in [0.5, 0.6) is 5.75 Å². The topological polar surface area (TPSA) is 133 Å². The van der Waals surface area contributed by atoms with E-state index in [9.17, 15) is 24.2 Å². The van der Waals surface area contributed by atoms with E-state index in [1.165, 1.54) is 19.7 Å². The molecule has 0 radical (unpaired) electrons. The number of morpholine rings is 1. The number of aryl methyl sites for hydroxylation is 1. The van der Waals surface area contributed by atoms with Gasteiger partial charge in [0.1, 0.15) is 17.1 Å². The average Bonchev–Trinajstić information content (AvgIpc) is 3.08. The molecule has 2 unspecified atom stereocenters. The monoisotopic (exact) mass is 661 g/mol. The fourth-order valence-electron chi connectivity index (χ4n) is 4.98. The van der Waals surface area contributed by atoms with E-state index in [4.69, 9.17) is 18.9 Å². The highest BCUT2D eigenvalue weighted by Gasteiger charge is 2.24. The van der Waals surface area contributed by atoms with E-state index in [1.54, 1.807) is 48.7 Å². The Morgan fingerprint density at radius 1 is 1.06 bits per heavy atom. The first-order chi connectivity index (χ1) is 22.7. The number of aliphatic hydroxyl groups excluding tert-OH is 2. The van der Waals surface area contributed by atoms with Crippen molar-refractivity contribution in [1.29, 1.82) is 0 Å². The maximum Gasteiger partial charge on any atom is 0.345 e. The van der Waals surface area contributed by atoms with Crippen molar-refractivity contribution < 1.29 is 43.7 Å². The fourth-order valence-corrected chi connectivity index (χ4v) is 4.98. The van der Waals surface area contributed by atoms with Crippen molar-refractivity contribution >= 4 is 16.9 Å². The van der Waals surface area contributed by atoms with Gasteiger partial charge in [-0.25, -0.2) is 9.18 Å². The number of quaternary nitrogens is 1. The lowest BCUT2D eigenvalue weighted by Gasteiger charge is -2.23. The fraction of sp³-hybridized carbons (Fsp3) is 0.556. The number of methoxy groups -OCH3 is 1. The minimum Gasteiger partial charge on any atom is -0.496 e. The van der Waals surface area contributed by atoms with Gasteiger partial charge in [-0.3, -0.25) is 4.79 Å². The number of carbonyl (C=O) groups excluding carboxylic acids is 1. The van der Waals surface area contributed by atoms with Crippen molar-refractivity contribution in [3.05, 3.63) is 74.8 Å². The quantitative estimate of drug-likeness (QED) is 0.184. The molecule has 4 N–H and O–H groups in total. The minimum absolute atomic E-state index is 0.0579. The summed E-state index contributed by atoms with van der Waals surface area (Å²) in [5.74, 6) is -0.730. The molecular weight excluding hydrogens is 607 g/mol. The van der Waals surface area contributed by atoms with E-state index in [1.807, 2.05) is 6.92 Å². The summed E-state index contributed by atoms with van der Waals surface area (Å²) < 4.78 is 38.3. The molecule has 11 heteroatoms. The molecule has 0 aliphatic carbocycles. The second kappa shape index (κ2) is 21.5. The maximum absolute atomic E-state index is 14.7. The van der Waals surface area contributed by atoms with Crippen LogP contribution in [0.3, 0.4) is 0 Å². The van der Waals surface area contributed by atoms with Crippen LogP contribution in [-0.4, -0.2) is 79.8 Å². The number of hydrogen-bond acceptors (Lipinski definition) is 8. The third-order valence-corrected chi connectivity index (χ3v) is 7.45. The van der Waals surface area contributed by atoms with Crippen molar-refractivity contribution in [2.24, 2.45) is 0 Å². The lowest BCUT2D eigenvalue weighted by Crippen LogP contribution is -2.87. The highest BCUT2D eigenvalue weighted by molar-refractivity contribution is 5.94. The van der Waals surface area contributed by atoms with E-state index < -0.39 is 17.7 Å². The van der Waals surface area contributed by atoms with Gasteiger partial charge in [0, 0.05) is 43.6 Å². The summed E-state index contributed by atoms with van der Waals surface area (Å²) in [5.41, 5.74) is 1.24. The predicted molar refractivity (Wildman–Crippen MR) is 181 cm³/mol. The van der Waals surface area contributed by atoms with Gasteiger partial charge < -0.3 is 39.0 Å². The highest BCUT2D eigenvalue weighted by Crippen LogP contribution is 2.28. The smallest absolute Gasteiger partial charge is 0.345 e. The molecule has 0 bridgehead atoms.